The summed E-state index contributed by atoms with van der Waals surface area (Å²) in [4.78, 5) is 22.3. The first-order chi connectivity index (χ1) is 11.8. The van der Waals surface area contributed by atoms with Crippen LogP contribution in [0.3, 0.4) is 0 Å². The third kappa shape index (κ3) is 2.81. The van der Waals surface area contributed by atoms with Crippen LogP contribution in [0, 0.1) is 11.3 Å². The normalized spacial score (nSPS) is 25.8. The number of pyridine rings is 1. The summed E-state index contributed by atoms with van der Waals surface area (Å²) in [5.41, 5.74) is 1.31. The van der Waals surface area contributed by atoms with Crippen LogP contribution in [0.4, 0.5) is 0 Å². The lowest BCUT2D eigenvalue weighted by Crippen LogP contribution is -2.37. The van der Waals surface area contributed by atoms with Gasteiger partial charge in [-0.1, -0.05) is 0 Å². The topological polar surface area (TPSA) is 77.7 Å². The highest BCUT2D eigenvalue weighted by Crippen LogP contribution is 2.42. The number of rotatable bonds is 5. The number of hydrogen-bond donors (Lipinski definition) is 0. The summed E-state index contributed by atoms with van der Waals surface area (Å²) in [7, 11) is 0. The molecule has 1 amide bonds. The Morgan fingerprint density at radius 2 is 2.29 bits per heavy atom. The second-order valence-corrected chi connectivity index (χ2v) is 6.48. The zero-order chi connectivity index (χ0) is 16.4. The number of amides is 1. The van der Waals surface area contributed by atoms with Gasteiger partial charge in [-0.15, -0.1) is 0 Å². The van der Waals surface area contributed by atoms with Crippen molar-refractivity contribution in [3.63, 3.8) is 0 Å². The fraction of sp³-hybridized carbons (Fsp3) is 0.471. The number of carbonyl (C=O) groups is 1. The molecule has 0 N–H and O–H groups in total. The number of hydrogen-bond acceptors (Lipinski definition) is 6. The molecule has 2 saturated heterocycles. The van der Waals surface area contributed by atoms with Crippen LogP contribution in [-0.2, 0) is 16.1 Å². The molecule has 4 rings (SSSR count). The van der Waals surface area contributed by atoms with E-state index in [1.54, 1.807) is 12.4 Å². The van der Waals surface area contributed by atoms with Crippen molar-refractivity contribution in [2.75, 3.05) is 32.9 Å². The third-order valence-corrected chi connectivity index (χ3v) is 4.87. The Morgan fingerprint density at radius 3 is 3.08 bits per heavy atom. The van der Waals surface area contributed by atoms with E-state index in [1.165, 1.54) is 12.7 Å². The van der Waals surface area contributed by atoms with Crippen LogP contribution in [0.5, 0.6) is 0 Å². The van der Waals surface area contributed by atoms with Crippen LogP contribution in [0.2, 0.25) is 0 Å². The van der Waals surface area contributed by atoms with Crippen LogP contribution in [-0.4, -0.2) is 53.7 Å². The van der Waals surface area contributed by atoms with Crippen molar-refractivity contribution in [2.45, 2.75) is 6.61 Å². The smallest absolute Gasteiger partial charge is 0.275 e. The van der Waals surface area contributed by atoms with E-state index in [1.807, 2.05) is 17.0 Å². The maximum Gasteiger partial charge on any atom is 0.275 e. The number of carbonyl (C=O) groups excluding carboxylic acids is 1. The molecule has 0 radical (unpaired) electrons. The van der Waals surface area contributed by atoms with Gasteiger partial charge in [-0.2, -0.15) is 0 Å². The molecule has 4 heterocycles. The number of oxazole rings is 1. The van der Waals surface area contributed by atoms with Gasteiger partial charge in [0, 0.05) is 36.8 Å². The average molecular weight is 329 g/mol. The summed E-state index contributed by atoms with van der Waals surface area (Å²) < 4.78 is 16.5. The SMILES string of the molecule is O=C(c1cocn1)N1C[C@@H]2COC[C@]2(COCc2ccncc2)C1. The zero-order valence-corrected chi connectivity index (χ0v) is 13.3. The lowest BCUT2D eigenvalue weighted by Gasteiger charge is -2.26. The molecule has 126 valence electrons. The van der Waals surface area contributed by atoms with E-state index in [0.29, 0.717) is 51.1 Å². The third-order valence-electron chi connectivity index (χ3n) is 4.87. The van der Waals surface area contributed by atoms with E-state index in [4.69, 9.17) is 13.9 Å². The van der Waals surface area contributed by atoms with Crippen molar-refractivity contribution >= 4 is 5.91 Å². The fourth-order valence-electron chi connectivity index (χ4n) is 3.52. The van der Waals surface area contributed by atoms with E-state index in [2.05, 4.69) is 9.97 Å². The molecular formula is C17H19N3O4. The molecule has 2 aromatic heterocycles. The first-order valence-corrected chi connectivity index (χ1v) is 7.99. The predicted molar refractivity (Wildman–Crippen MR) is 83.0 cm³/mol. The molecule has 2 atom stereocenters. The van der Waals surface area contributed by atoms with Crippen molar-refractivity contribution in [1.82, 2.24) is 14.9 Å². The van der Waals surface area contributed by atoms with Crippen molar-refractivity contribution in [1.29, 1.82) is 0 Å². The maximum absolute atomic E-state index is 12.5. The van der Waals surface area contributed by atoms with Gasteiger partial charge >= 0.3 is 0 Å². The summed E-state index contributed by atoms with van der Waals surface area (Å²) in [6, 6.07) is 3.88. The molecule has 0 aliphatic carbocycles. The monoisotopic (exact) mass is 329 g/mol. The quantitative estimate of drug-likeness (QED) is 0.824. The van der Waals surface area contributed by atoms with Gasteiger partial charge in [0.25, 0.3) is 5.91 Å². The molecule has 2 aromatic rings. The van der Waals surface area contributed by atoms with E-state index < -0.39 is 0 Å². The van der Waals surface area contributed by atoms with Crippen LogP contribution in [0.15, 0.2) is 41.6 Å². The minimum absolute atomic E-state index is 0.0911. The van der Waals surface area contributed by atoms with Gasteiger partial charge in [-0.25, -0.2) is 4.98 Å². The van der Waals surface area contributed by atoms with Crippen molar-refractivity contribution in [3.05, 3.63) is 48.4 Å². The lowest BCUT2D eigenvalue weighted by atomic mass is 9.82. The summed E-state index contributed by atoms with van der Waals surface area (Å²) >= 11 is 0. The summed E-state index contributed by atoms with van der Waals surface area (Å²) in [6.45, 7) is 3.69. The molecule has 0 saturated carbocycles. The summed E-state index contributed by atoms with van der Waals surface area (Å²) in [5, 5.41) is 0. The second kappa shape index (κ2) is 6.33. The van der Waals surface area contributed by atoms with Crippen molar-refractivity contribution in [2.24, 2.45) is 11.3 Å². The van der Waals surface area contributed by atoms with E-state index in [0.717, 1.165) is 5.56 Å². The van der Waals surface area contributed by atoms with Gasteiger partial charge in [0.1, 0.15) is 6.26 Å². The Hall–Kier alpha value is -2.25. The summed E-state index contributed by atoms with van der Waals surface area (Å²) in [5.74, 6) is 0.206. The Balaban J connectivity index is 1.40. The number of likely N-dealkylation sites (tertiary alicyclic amines) is 1. The first-order valence-electron chi connectivity index (χ1n) is 7.99. The van der Waals surface area contributed by atoms with Gasteiger partial charge in [0.15, 0.2) is 12.1 Å². The molecule has 7 nitrogen and oxygen atoms in total. The molecule has 7 heteroatoms. The molecule has 24 heavy (non-hydrogen) atoms. The number of ether oxygens (including phenoxy) is 2. The van der Waals surface area contributed by atoms with Crippen LogP contribution in [0.25, 0.3) is 0 Å². The predicted octanol–water partition coefficient (Wildman–Crippen LogP) is 1.37. The summed E-state index contributed by atoms with van der Waals surface area (Å²) in [6.07, 6.45) is 6.18. The Labute approximate surface area is 139 Å². The van der Waals surface area contributed by atoms with Gasteiger partial charge < -0.3 is 18.8 Å². The molecule has 0 bridgehead atoms. The van der Waals surface area contributed by atoms with Gasteiger partial charge in [-0.3, -0.25) is 9.78 Å². The fourth-order valence-corrected chi connectivity index (χ4v) is 3.52. The molecule has 0 spiro atoms. The van der Waals surface area contributed by atoms with Gasteiger partial charge in [0.05, 0.1) is 26.4 Å². The number of aromatic nitrogens is 2. The largest absolute Gasteiger partial charge is 0.451 e. The Kier molecular flexibility index (Phi) is 4.03. The molecule has 2 fully saturated rings. The highest BCUT2D eigenvalue weighted by atomic mass is 16.5. The van der Waals surface area contributed by atoms with Crippen molar-refractivity contribution < 1.29 is 18.7 Å². The highest BCUT2D eigenvalue weighted by Gasteiger charge is 2.52. The first kappa shape index (κ1) is 15.3. The van der Waals surface area contributed by atoms with E-state index in [-0.39, 0.29) is 11.3 Å². The second-order valence-electron chi connectivity index (χ2n) is 6.48. The molecule has 0 unspecified atom stereocenters. The van der Waals surface area contributed by atoms with Gasteiger partial charge in [-0.05, 0) is 17.7 Å². The van der Waals surface area contributed by atoms with Crippen molar-refractivity contribution in [3.8, 4) is 0 Å². The lowest BCUT2D eigenvalue weighted by molar-refractivity contribution is 0.0185. The molecule has 0 aromatic carbocycles. The van der Waals surface area contributed by atoms with E-state index in [9.17, 15) is 4.79 Å². The van der Waals surface area contributed by atoms with Crippen LogP contribution < -0.4 is 0 Å². The molecule has 2 aliphatic rings. The zero-order valence-electron chi connectivity index (χ0n) is 13.3. The number of fused-ring (bicyclic) bond motifs is 1. The number of nitrogens with zero attached hydrogens (tertiary/aromatic N) is 3. The molecule has 2 aliphatic heterocycles. The Bertz CT molecular complexity index is 691. The minimum atomic E-state index is -0.133. The van der Waals surface area contributed by atoms with Crippen LogP contribution >= 0.6 is 0 Å². The molecular weight excluding hydrogens is 310 g/mol. The van der Waals surface area contributed by atoms with E-state index >= 15 is 0 Å². The Morgan fingerprint density at radius 1 is 1.42 bits per heavy atom. The minimum Gasteiger partial charge on any atom is -0.451 e. The maximum atomic E-state index is 12.5. The standard InChI is InChI=1S/C17H19N3O4/c21-16(15-8-24-12-19-15)20-5-14-7-23-11-17(14,9-20)10-22-6-13-1-3-18-4-2-13/h1-4,8,12,14H,5-7,9-11H2/t14-,17-/m1/s1. The van der Waals surface area contributed by atoms with Gasteiger partial charge in [0.2, 0.25) is 0 Å². The van der Waals surface area contributed by atoms with Crippen LogP contribution in [0.1, 0.15) is 16.1 Å². The highest BCUT2D eigenvalue weighted by molar-refractivity contribution is 5.92. The average Bonchev–Trinajstić information content (AvgIpc) is 3.31.